The van der Waals surface area contributed by atoms with Gasteiger partial charge in [-0.15, -0.1) is 0 Å². The molecule has 1 aromatic carbocycles. The summed E-state index contributed by atoms with van der Waals surface area (Å²) in [4.78, 5) is 12.3. The maximum absolute atomic E-state index is 12.3. The molecule has 0 bridgehead atoms. The first-order valence-electron chi connectivity index (χ1n) is 8.87. The second-order valence-electron chi connectivity index (χ2n) is 7.32. The fourth-order valence-corrected chi connectivity index (χ4v) is 2.64. The van der Waals surface area contributed by atoms with Gasteiger partial charge in [0, 0.05) is 11.5 Å². The molecule has 0 fully saturated rings. The average Bonchev–Trinajstić information content (AvgIpc) is 2.54. The molecule has 1 aromatic rings. The van der Waals surface area contributed by atoms with Gasteiger partial charge in [0.05, 0.1) is 6.07 Å². The van der Waals surface area contributed by atoms with Crippen LogP contribution in [0.3, 0.4) is 0 Å². The molecule has 0 heterocycles. The van der Waals surface area contributed by atoms with Crippen LogP contribution in [0.25, 0.3) is 0 Å². The van der Waals surface area contributed by atoms with E-state index in [0.717, 1.165) is 6.42 Å². The van der Waals surface area contributed by atoms with Crippen molar-refractivity contribution in [2.45, 2.75) is 59.5 Å². The van der Waals surface area contributed by atoms with Gasteiger partial charge in [0.15, 0.2) is 6.54 Å². The number of carbonyl (C=O) groups excluding carboxylic acids is 1. The molecule has 0 aliphatic rings. The number of benzene rings is 1. The molecule has 4 nitrogen and oxygen atoms in total. The number of quaternary nitrogens is 1. The monoisotopic (exact) mass is 330 g/mol. The molecule has 132 valence electrons. The van der Waals surface area contributed by atoms with Gasteiger partial charge >= 0.3 is 0 Å². The Morgan fingerprint density at radius 2 is 1.83 bits per heavy atom. The van der Waals surface area contributed by atoms with E-state index in [4.69, 9.17) is 0 Å². The van der Waals surface area contributed by atoms with Crippen molar-refractivity contribution in [2.75, 3.05) is 6.54 Å². The Morgan fingerprint density at radius 1 is 1.25 bits per heavy atom. The van der Waals surface area contributed by atoms with Crippen molar-refractivity contribution >= 4 is 5.91 Å². The molecule has 24 heavy (non-hydrogen) atoms. The number of hydrogen-bond acceptors (Lipinski definition) is 2. The fourth-order valence-electron chi connectivity index (χ4n) is 2.64. The van der Waals surface area contributed by atoms with Gasteiger partial charge in [-0.05, 0) is 24.8 Å². The molecule has 0 saturated heterocycles. The molecule has 0 saturated carbocycles. The van der Waals surface area contributed by atoms with Crippen LogP contribution in [0.1, 0.15) is 58.7 Å². The Kier molecular flexibility index (Phi) is 7.44. The lowest BCUT2D eigenvalue weighted by molar-refractivity contribution is -0.692. The minimum atomic E-state index is -0.818. The summed E-state index contributed by atoms with van der Waals surface area (Å²) in [5.74, 6) is 0.384. The number of hydrogen-bond donors (Lipinski definition) is 2. The Morgan fingerprint density at radius 3 is 2.25 bits per heavy atom. The van der Waals surface area contributed by atoms with E-state index in [1.165, 1.54) is 11.1 Å². The van der Waals surface area contributed by atoms with Gasteiger partial charge in [-0.2, -0.15) is 5.26 Å². The Bertz CT molecular complexity index is 572. The zero-order chi connectivity index (χ0) is 18.3. The molecule has 2 atom stereocenters. The number of carbonyl (C=O) groups is 1. The van der Waals surface area contributed by atoms with Gasteiger partial charge in [0.2, 0.25) is 0 Å². The lowest BCUT2D eigenvalue weighted by atomic mass is 9.90. The highest BCUT2D eigenvalue weighted by Crippen LogP contribution is 2.18. The van der Waals surface area contributed by atoms with Crippen molar-refractivity contribution in [1.82, 2.24) is 5.32 Å². The van der Waals surface area contributed by atoms with Crippen molar-refractivity contribution < 1.29 is 10.1 Å². The van der Waals surface area contributed by atoms with Gasteiger partial charge in [0.25, 0.3) is 5.91 Å². The molecule has 0 radical (unpaired) electrons. The largest absolute Gasteiger partial charge is 0.333 e. The van der Waals surface area contributed by atoms with Gasteiger partial charge in [-0.25, -0.2) is 0 Å². The first-order valence-corrected chi connectivity index (χ1v) is 8.87. The molecule has 0 aliphatic heterocycles. The van der Waals surface area contributed by atoms with Crippen LogP contribution < -0.4 is 10.6 Å². The lowest BCUT2D eigenvalue weighted by Crippen LogP contribution is -2.88. The van der Waals surface area contributed by atoms with E-state index >= 15 is 0 Å². The van der Waals surface area contributed by atoms with Crippen molar-refractivity contribution in [2.24, 2.45) is 11.8 Å². The minimum absolute atomic E-state index is 0.0638. The normalized spacial score (nSPS) is 15.0. The zero-order valence-electron chi connectivity index (χ0n) is 15.9. The molecule has 0 spiro atoms. The van der Waals surface area contributed by atoms with Crippen LogP contribution in [0, 0.1) is 23.2 Å². The highest BCUT2D eigenvalue weighted by molar-refractivity contribution is 5.78. The van der Waals surface area contributed by atoms with E-state index in [-0.39, 0.29) is 17.9 Å². The van der Waals surface area contributed by atoms with E-state index in [1.807, 2.05) is 13.8 Å². The first-order chi connectivity index (χ1) is 11.2. The summed E-state index contributed by atoms with van der Waals surface area (Å²) in [6.07, 6.45) is 1.03. The Labute approximate surface area is 146 Å². The molecule has 0 aliphatic carbocycles. The highest BCUT2D eigenvalue weighted by Gasteiger charge is 2.31. The van der Waals surface area contributed by atoms with Gasteiger partial charge in [0.1, 0.15) is 11.6 Å². The van der Waals surface area contributed by atoms with Crippen molar-refractivity contribution in [3.63, 3.8) is 0 Å². The van der Waals surface area contributed by atoms with Gasteiger partial charge in [-0.3, -0.25) is 4.79 Å². The third-order valence-electron chi connectivity index (χ3n) is 4.83. The van der Waals surface area contributed by atoms with E-state index in [2.05, 4.69) is 61.7 Å². The van der Waals surface area contributed by atoms with Crippen LogP contribution >= 0.6 is 0 Å². The van der Waals surface area contributed by atoms with E-state index in [1.54, 1.807) is 6.92 Å². The maximum Gasteiger partial charge on any atom is 0.276 e. The summed E-state index contributed by atoms with van der Waals surface area (Å²) in [7, 11) is 0. The van der Waals surface area contributed by atoms with Crippen molar-refractivity contribution in [3.8, 4) is 6.07 Å². The van der Waals surface area contributed by atoms with E-state index in [9.17, 15) is 10.1 Å². The molecular weight excluding hydrogens is 298 g/mol. The summed E-state index contributed by atoms with van der Waals surface area (Å²) >= 11 is 0. The maximum atomic E-state index is 12.3. The number of amides is 1. The first kappa shape index (κ1) is 20.2. The number of aryl methyl sites for hydroxylation is 1. The molecule has 0 unspecified atom stereocenters. The summed E-state index contributed by atoms with van der Waals surface area (Å²) in [6.45, 7) is 12.5. The summed E-state index contributed by atoms with van der Waals surface area (Å²) in [5.41, 5.74) is 1.74. The SMILES string of the molecule is CCc1ccc([C@H]([NH2+]CC(=O)N[C@](C)(C#N)C(C)C)C(C)C)cc1. The van der Waals surface area contributed by atoms with Crippen LogP contribution in [0.15, 0.2) is 24.3 Å². The standard InChI is InChI=1S/C20H31N3O/c1-7-16-8-10-17(11-9-16)19(14(2)3)22-12-18(24)23-20(6,13-21)15(4)5/h8-11,14-15,19,22H,7,12H2,1-6H3,(H,23,24)/p+1/t19-,20-/m1/s1. The van der Waals surface area contributed by atoms with Crippen molar-refractivity contribution in [3.05, 3.63) is 35.4 Å². The van der Waals surface area contributed by atoms with Gasteiger partial charge in [-0.1, -0.05) is 58.9 Å². The van der Waals surface area contributed by atoms with Crippen LogP contribution in [0.4, 0.5) is 0 Å². The number of nitrogens with two attached hydrogens (primary N) is 1. The molecule has 0 aromatic heterocycles. The van der Waals surface area contributed by atoms with Crippen LogP contribution in [0.2, 0.25) is 0 Å². The third-order valence-corrected chi connectivity index (χ3v) is 4.83. The smallest absolute Gasteiger partial charge is 0.276 e. The Hall–Kier alpha value is -1.86. The average molecular weight is 330 g/mol. The number of nitrogens with zero attached hydrogens (tertiary/aromatic N) is 1. The quantitative estimate of drug-likeness (QED) is 0.769. The molecule has 1 amide bonds. The number of rotatable bonds is 8. The van der Waals surface area contributed by atoms with Crippen LogP contribution in [0.5, 0.6) is 0 Å². The highest BCUT2D eigenvalue weighted by atomic mass is 16.2. The van der Waals surface area contributed by atoms with E-state index < -0.39 is 5.54 Å². The van der Waals surface area contributed by atoms with Crippen molar-refractivity contribution in [1.29, 1.82) is 5.26 Å². The van der Waals surface area contributed by atoms with Crippen LogP contribution in [-0.4, -0.2) is 18.0 Å². The summed E-state index contributed by atoms with van der Waals surface area (Å²) in [6, 6.07) is 11.1. The topological polar surface area (TPSA) is 69.5 Å². The van der Waals surface area contributed by atoms with Gasteiger partial charge < -0.3 is 10.6 Å². The van der Waals surface area contributed by atoms with Crippen LogP contribution in [-0.2, 0) is 11.2 Å². The molecule has 1 rings (SSSR count). The third kappa shape index (κ3) is 5.35. The predicted molar refractivity (Wildman–Crippen MR) is 97.2 cm³/mol. The second kappa shape index (κ2) is 8.84. The summed E-state index contributed by atoms with van der Waals surface area (Å²) in [5, 5.41) is 14.3. The zero-order valence-corrected chi connectivity index (χ0v) is 15.9. The van der Waals surface area contributed by atoms with E-state index in [0.29, 0.717) is 12.5 Å². The molecule has 3 N–H and O–H groups in total. The minimum Gasteiger partial charge on any atom is -0.333 e. The second-order valence-corrected chi connectivity index (χ2v) is 7.32. The molecular formula is C20H32N3O+. The summed E-state index contributed by atoms with van der Waals surface area (Å²) < 4.78 is 0. The predicted octanol–water partition coefficient (Wildman–Crippen LogP) is 2.56. The Balaban J connectivity index is 2.73. The number of nitrogens with one attached hydrogen (secondary N) is 1. The fraction of sp³-hybridized carbons (Fsp3) is 0.600. The lowest BCUT2D eigenvalue weighted by Gasteiger charge is -2.27. The number of nitriles is 1. The molecule has 4 heteroatoms.